The average Bonchev–Trinajstić information content (AvgIpc) is 3.07. The highest BCUT2D eigenvalue weighted by Crippen LogP contribution is 2.18. The number of amides is 1. The Morgan fingerprint density at radius 3 is 2.50 bits per heavy atom. The smallest absolute Gasteiger partial charge is 0.225 e. The van der Waals surface area contributed by atoms with Crippen molar-refractivity contribution in [3.05, 3.63) is 65.7 Å². The number of halogens is 1. The first-order valence-corrected chi connectivity index (χ1v) is 10.0. The number of benzene rings is 2. The van der Waals surface area contributed by atoms with Crippen molar-refractivity contribution in [2.75, 3.05) is 16.9 Å². The lowest BCUT2D eigenvalue weighted by Gasteiger charge is -2.07. The van der Waals surface area contributed by atoms with Crippen LogP contribution in [0.4, 0.5) is 10.1 Å². The molecule has 1 heterocycles. The predicted octanol–water partition coefficient (Wildman–Crippen LogP) is 3.03. The van der Waals surface area contributed by atoms with Gasteiger partial charge in [0.25, 0.3) is 0 Å². The highest BCUT2D eigenvalue weighted by Gasteiger charge is 2.12. The molecule has 2 aromatic carbocycles. The zero-order valence-corrected chi connectivity index (χ0v) is 17.0. The maximum Gasteiger partial charge on any atom is 0.225 e. The number of Topliss-reactive ketones (excluding diaryl/α,β-unsaturated/α-hetero) is 1. The van der Waals surface area contributed by atoms with Crippen LogP contribution < -0.4 is 15.9 Å². The van der Waals surface area contributed by atoms with Crippen molar-refractivity contribution < 1.29 is 18.7 Å². The summed E-state index contributed by atoms with van der Waals surface area (Å²) in [6.07, 6.45) is 0.243. The maximum absolute atomic E-state index is 12.9. The minimum Gasteiger partial charge on any atom is -0.486 e. The van der Waals surface area contributed by atoms with Gasteiger partial charge in [0.15, 0.2) is 11.6 Å². The molecule has 0 unspecified atom stereocenters. The molecule has 0 saturated heterocycles. The Morgan fingerprint density at radius 2 is 1.83 bits per heavy atom. The van der Waals surface area contributed by atoms with Gasteiger partial charge in [-0.2, -0.15) is 0 Å². The summed E-state index contributed by atoms with van der Waals surface area (Å²) in [5.41, 5.74) is 1.21. The molecule has 1 aromatic heterocycles. The summed E-state index contributed by atoms with van der Waals surface area (Å²) >= 11 is 1.29. The van der Waals surface area contributed by atoms with Gasteiger partial charge in [0, 0.05) is 23.4 Å². The van der Waals surface area contributed by atoms with Crippen molar-refractivity contribution in [2.24, 2.45) is 0 Å². The quantitative estimate of drug-likeness (QED) is 0.305. The Kier molecular flexibility index (Phi) is 7.02. The third-order valence-electron chi connectivity index (χ3n) is 4.05. The van der Waals surface area contributed by atoms with Crippen molar-refractivity contribution in [3.8, 4) is 5.75 Å². The lowest BCUT2D eigenvalue weighted by Crippen LogP contribution is -2.16. The second kappa shape index (κ2) is 9.88. The number of nitrogen functional groups attached to an aromatic ring is 1. The van der Waals surface area contributed by atoms with E-state index < -0.39 is 0 Å². The van der Waals surface area contributed by atoms with Crippen molar-refractivity contribution in [3.63, 3.8) is 0 Å². The van der Waals surface area contributed by atoms with E-state index in [1.807, 2.05) is 0 Å². The Labute approximate surface area is 176 Å². The minimum atomic E-state index is -0.347. The van der Waals surface area contributed by atoms with E-state index in [-0.39, 0.29) is 30.5 Å². The lowest BCUT2D eigenvalue weighted by atomic mass is 10.1. The first-order valence-electron chi connectivity index (χ1n) is 9.04. The fraction of sp³-hybridized carbons (Fsp3) is 0.200. The van der Waals surface area contributed by atoms with E-state index in [1.165, 1.54) is 47.6 Å². The van der Waals surface area contributed by atoms with Crippen molar-refractivity contribution in [1.29, 1.82) is 0 Å². The van der Waals surface area contributed by atoms with Crippen LogP contribution in [0.25, 0.3) is 0 Å². The van der Waals surface area contributed by atoms with Gasteiger partial charge in [-0.15, -0.1) is 10.2 Å². The molecule has 0 spiro atoms. The van der Waals surface area contributed by atoms with Gasteiger partial charge in [0.2, 0.25) is 11.1 Å². The van der Waals surface area contributed by atoms with Crippen LogP contribution in [-0.2, 0) is 11.4 Å². The molecule has 30 heavy (non-hydrogen) atoms. The van der Waals surface area contributed by atoms with Crippen LogP contribution in [0.2, 0.25) is 0 Å². The number of aromatic nitrogens is 3. The first-order chi connectivity index (χ1) is 14.4. The monoisotopic (exact) mass is 429 g/mol. The Balaban J connectivity index is 1.45. The SMILES string of the molecule is CC(=O)c1ccc(NC(=O)CCSc2nnc(COc3ccc(F)cc3)n2N)cc1. The molecule has 8 nitrogen and oxygen atoms in total. The molecule has 10 heteroatoms. The number of nitrogens with zero attached hydrogens (tertiary/aromatic N) is 3. The molecule has 0 saturated carbocycles. The van der Waals surface area contributed by atoms with Crippen LogP contribution in [0, 0.1) is 5.82 Å². The number of nitrogens with one attached hydrogen (secondary N) is 1. The van der Waals surface area contributed by atoms with Crippen LogP contribution in [0.15, 0.2) is 53.7 Å². The lowest BCUT2D eigenvalue weighted by molar-refractivity contribution is -0.115. The molecule has 3 aromatic rings. The average molecular weight is 429 g/mol. The van der Waals surface area contributed by atoms with Crippen molar-refractivity contribution in [2.45, 2.75) is 25.1 Å². The topological polar surface area (TPSA) is 112 Å². The first kappa shape index (κ1) is 21.3. The molecule has 0 atom stereocenters. The molecular weight excluding hydrogens is 409 g/mol. The summed E-state index contributed by atoms with van der Waals surface area (Å²) in [7, 11) is 0. The van der Waals surface area contributed by atoms with Crippen molar-refractivity contribution >= 4 is 29.1 Å². The highest BCUT2D eigenvalue weighted by molar-refractivity contribution is 7.99. The third-order valence-corrected chi connectivity index (χ3v) is 5.00. The van der Waals surface area contributed by atoms with E-state index in [9.17, 15) is 14.0 Å². The van der Waals surface area contributed by atoms with Gasteiger partial charge in [0.1, 0.15) is 18.2 Å². The van der Waals surface area contributed by atoms with E-state index in [2.05, 4.69) is 15.5 Å². The number of rotatable bonds is 9. The van der Waals surface area contributed by atoms with Gasteiger partial charge in [0.05, 0.1) is 0 Å². The van der Waals surface area contributed by atoms with Crippen LogP contribution in [0.5, 0.6) is 5.75 Å². The number of carbonyl (C=O) groups is 2. The molecule has 0 fully saturated rings. The summed E-state index contributed by atoms with van der Waals surface area (Å²) in [5, 5.41) is 11.2. The number of ketones is 1. The third kappa shape index (κ3) is 5.80. The minimum absolute atomic E-state index is 0.0300. The Hall–Kier alpha value is -3.40. The predicted molar refractivity (Wildman–Crippen MR) is 111 cm³/mol. The van der Waals surface area contributed by atoms with Gasteiger partial charge < -0.3 is 15.9 Å². The van der Waals surface area contributed by atoms with Crippen LogP contribution in [0.3, 0.4) is 0 Å². The summed E-state index contributed by atoms with van der Waals surface area (Å²) in [5.74, 6) is 6.77. The fourth-order valence-electron chi connectivity index (χ4n) is 2.43. The Bertz CT molecular complexity index is 1020. The summed E-state index contributed by atoms with van der Waals surface area (Å²) in [6, 6.07) is 12.3. The number of nitrogens with two attached hydrogens (primary N) is 1. The number of ether oxygens (including phenoxy) is 1. The molecule has 0 radical (unpaired) electrons. The summed E-state index contributed by atoms with van der Waals surface area (Å²) in [4.78, 5) is 23.4. The molecule has 0 aliphatic rings. The number of carbonyl (C=O) groups excluding carboxylic acids is 2. The summed E-state index contributed by atoms with van der Waals surface area (Å²) < 4.78 is 19.7. The second-order valence-corrected chi connectivity index (χ2v) is 7.35. The van der Waals surface area contributed by atoms with Crippen LogP contribution in [-0.4, -0.2) is 32.3 Å². The summed E-state index contributed by atoms with van der Waals surface area (Å²) in [6.45, 7) is 1.56. The van der Waals surface area contributed by atoms with E-state index in [4.69, 9.17) is 10.6 Å². The molecule has 0 bridgehead atoms. The van der Waals surface area contributed by atoms with Gasteiger partial charge >= 0.3 is 0 Å². The normalized spacial score (nSPS) is 10.6. The fourth-order valence-corrected chi connectivity index (χ4v) is 3.24. The standard InChI is InChI=1S/C20H20FN5O3S/c1-13(27)14-2-6-16(7-3-14)23-19(28)10-11-30-20-25-24-18(26(20)22)12-29-17-8-4-15(21)5-9-17/h2-9H,10-12,22H2,1H3,(H,23,28). The number of anilines is 1. The second-order valence-electron chi connectivity index (χ2n) is 6.29. The van der Waals surface area contributed by atoms with Crippen LogP contribution >= 0.6 is 11.8 Å². The van der Waals surface area contributed by atoms with E-state index in [0.29, 0.717) is 33.7 Å². The largest absolute Gasteiger partial charge is 0.486 e. The molecule has 3 N–H and O–H groups in total. The van der Waals surface area contributed by atoms with E-state index in [1.54, 1.807) is 24.3 Å². The van der Waals surface area contributed by atoms with E-state index >= 15 is 0 Å². The van der Waals surface area contributed by atoms with Crippen molar-refractivity contribution in [1.82, 2.24) is 14.9 Å². The van der Waals surface area contributed by atoms with Gasteiger partial charge in [-0.05, 0) is 55.5 Å². The zero-order valence-electron chi connectivity index (χ0n) is 16.2. The van der Waals surface area contributed by atoms with Crippen LogP contribution in [0.1, 0.15) is 29.5 Å². The molecule has 1 amide bonds. The zero-order chi connectivity index (χ0) is 21.5. The molecule has 156 valence electrons. The van der Waals surface area contributed by atoms with Gasteiger partial charge in [-0.25, -0.2) is 9.07 Å². The number of hydrogen-bond donors (Lipinski definition) is 2. The molecule has 0 aliphatic heterocycles. The van der Waals surface area contributed by atoms with E-state index in [0.717, 1.165) is 0 Å². The number of thioether (sulfide) groups is 1. The maximum atomic E-state index is 12.9. The van der Waals surface area contributed by atoms with Gasteiger partial charge in [-0.3, -0.25) is 9.59 Å². The highest BCUT2D eigenvalue weighted by atomic mass is 32.2. The molecule has 3 rings (SSSR count). The van der Waals surface area contributed by atoms with Gasteiger partial charge in [-0.1, -0.05) is 11.8 Å². The molecular formula is C20H20FN5O3S. The molecule has 0 aliphatic carbocycles. The Morgan fingerprint density at radius 1 is 1.13 bits per heavy atom. The number of hydrogen-bond acceptors (Lipinski definition) is 7.